The fourth-order valence-corrected chi connectivity index (χ4v) is 2.81. The molecule has 0 unspecified atom stereocenters. The smallest absolute Gasteiger partial charge is 0.365 e. The van der Waals surface area contributed by atoms with Crippen molar-refractivity contribution in [2.24, 2.45) is 0 Å². The Hall–Kier alpha value is -0.850. The zero-order chi connectivity index (χ0) is 14.3. The van der Waals surface area contributed by atoms with Gasteiger partial charge in [-0.15, -0.1) is 0 Å². The van der Waals surface area contributed by atoms with E-state index in [1.54, 1.807) is 0 Å². The van der Waals surface area contributed by atoms with Gasteiger partial charge in [-0.3, -0.25) is 0 Å². The summed E-state index contributed by atoms with van der Waals surface area (Å²) in [6, 6.07) is 3.91. The Morgan fingerprint density at radius 2 is 1.89 bits per heavy atom. The van der Waals surface area contributed by atoms with E-state index in [2.05, 4.69) is 15.9 Å². The molecule has 0 aliphatic carbocycles. The molecule has 0 aromatic heterocycles. The van der Waals surface area contributed by atoms with E-state index in [0.29, 0.717) is 0 Å². The summed E-state index contributed by atoms with van der Waals surface area (Å²) in [6.07, 6.45) is -4.68. The molecule has 19 heavy (non-hydrogen) atoms. The summed E-state index contributed by atoms with van der Waals surface area (Å²) >= 11 is 2.84. The van der Waals surface area contributed by atoms with Crippen LogP contribution in [0.2, 0.25) is 0 Å². The van der Waals surface area contributed by atoms with E-state index in [9.17, 15) is 22.0 Å². The lowest BCUT2D eigenvalue weighted by atomic mass is 10.0. The third kappa shape index (κ3) is 3.19. The van der Waals surface area contributed by atoms with Gasteiger partial charge in [0.2, 0.25) is 0 Å². The molecule has 0 bridgehead atoms. The molecule has 0 saturated carbocycles. The number of piperidine rings is 1. The third-order valence-corrected chi connectivity index (χ3v) is 3.67. The maximum Gasteiger partial charge on any atom is 0.419 e. The van der Waals surface area contributed by atoms with Crippen LogP contribution >= 0.6 is 15.9 Å². The van der Waals surface area contributed by atoms with Crippen LogP contribution in [0.3, 0.4) is 0 Å². The first kappa shape index (κ1) is 14.6. The minimum atomic E-state index is -4.58. The van der Waals surface area contributed by atoms with E-state index in [1.165, 1.54) is 18.2 Å². The lowest BCUT2D eigenvalue weighted by Gasteiger charge is -2.35. The van der Waals surface area contributed by atoms with E-state index in [1.807, 2.05) is 0 Å². The lowest BCUT2D eigenvalue weighted by Crippen LogP contribution is -2.43. The van der Waals surface area contributed by atoms with Gasteiger partial charge in [-0.1, -0.05) is 22.0 Å². The zero-order valence-electron chi connectivity index (χ0n) is 9.78. The maximum absolute atomic E-state index is 13.3. The van der Waals surface area contributed by atoms with Crippen molar-refractivity contribution in [1.29, 1.82) is 0 Å². The van der Waals surface area contributed by atoms with Gasteiger partial charge in [0, 0.05) is 17.4 Å². The highest BCUT2D eigenvalue weighted by Crippen LogP contribution is 2.42. The van der Waals surface area contributed by atoms with Gasteiger partial charge in [0.15, 0.2) is 0 Å². The number of nitrogens with zero attached hydrogens (tertiary/aromatic N) is 1. The van der Waals surface area contributed by atoms with Crippen LogP contribution in [-0.4, -0.2) is 19.0 Å². The molecule has 1 aromatic rings. The lowest BCUT2D eigenvalue weighted by molar-refractivity contribution is -0.137. The molecule has 1 aliphatic rings. The molecule has 2 rings (SSSR count). The van der Waals surface area contributed by atoms with Gasteiger partial charge >= 0.3 is 6.18 Å². The first-order chi connectivity index (χ1) is 8.71. The number of hydrogen-bond acceptors (Lipinski definition) is 1. The Kier molecular flexibility index (Phi) is 3.77. The number of halogens is 6. The van der Waals surface area contributed by atoms with Crippen molar-refractivity contribution in [2.75, 3.05) is 18.0 Å². The van der Waals surface area contributed by atoms with Crippen molar-refractivity contribution in [3.8, 4) is 0 Å². The number of benzene rings is 1. The molecule has 1 heterocycles. The fraction of sp³-hybridized carbons (Fsp3) is 0.500. The van der Waals surface area contributed by atoms with Crippen LogP contribution < -0.4 is 4.90 Å². The summed E-state index contributed by atoms with van der Waals surface area (Å²) in [7, 11) is 0. The average Bonchev–Trinajstić information content (AvgIpc) is 2.25. The first-order valence-corrected chi connectivity index (χ1v) is 6.48. The molecule has 1 aliphatic heterocycles. The minimum absolute atomic E-state index is 0.133. The van der Waals surface area contributed by atoms with E-state index >= 15 is 0 Å². The Morgan fingerprint density at radius 1 is 1.21 bits per heavy atom. The van der Waals surface area contributed by atoms with Crippen molar-refractivity contribution in [3.63, 3.8) is 0 Å². The summed E-state index contributed by atoms with van der Waals surface area (Å²) in [4.78, 5) is 1.11. The zero-order valence-corrected chi connectivity index (χ0v) is 11.4. The quantitative estimate of drug-likeness (QED) is 0.668. The summed E-state index contributed by atoms with van der Waals surface area (Å²) in [5, 5.41) is 0. The number of anilines is 1. The van der Waals surface area contributed by atoms with E-state index in [-0.39, 0.29) is 29.5 Å². The molecule has 0 N–H and O–H groups in total. The van der Waals surface area contributed by atoms with Crippen LogP contribution in [0.4, 0.5) is 27.6 Å². The van der Waals surface area contributed by atoms with Crippen molar-refractivity contribution in [2.45, 2.75) is 24.9 Å². The van der Waals surface area contributed by atoms with Gasteiger partial charge < -0.3 is 4.90 Å². The Bertz CT molecular complexity index is 472. The SMILES string of the molecule is FC1(F)CCCN(c2cccc(Br)c2C(F)(F)F)C1. The van der Waals surface area contributed by atoms with Gasteiger partial charge in [0.1, 0.15) is 0 Å². The van der Waals surface area contributed by atoms with Gasteiger partial charge in [-0.2, -0.15) is 13.2 Å². The molecule has 106 valence electrons. The molecule has 0 spiro atoms. The predicted octanol–water partition coefficient (Wildman–Crippen LogP) is 4.70. The monoisotopic (exact) mass is 343 g/mol. The fourth-order valence-electron chi connectivity index (χ4n) is 2.23. The van der Waals surface area contributed by atoms with Gasteiger partial charge in [-0.05, 0) is 18.6 Å². The molecule has 0 amide bonds. The van der Waals surface area contributed by atoms with E-state index in [0.717, 1.165) is 4.90 Å². The predicted molar refractivity (Wildman–Crippen MR) is 65.5 cm³/mol. The Morgan fingerprint density at radius 3 is 2.47 bits per heavy atom. The average molecular weight is 344 g/mol. The normalized spacial score (nSPS) is 19.6. The highest BCUT2D eigenvalue weighted by atomic mass is 79.9. The summed E-state index contributed by atoms with van der Waals surface area (Å²) < 4.78 is 65.6. The largest absolute Gasteiger partial charge is 0.419 e. The van der Waals surface area contributed by atoms with Crippen LogP contribution in [0, 0.1) is 0 Å². The van der Waals surface area contributed by atoms with Crippen LogP contribution in [0.25, 0.3) is 0 Å². The molecule has 7 heteroatoms. The highest BCUT2D eigenvalue weighted by Gasteiger charge is 2.41. The molecule has 1 saturated heterocycles. The van der Waals surface area contributed by atoms with Gasteiger partial charge in [-0.25, -0.2) is 8.78 Å². The molecule has 0 atom stereocenters. The summed E-state index contributed by atoms with van der Waals surface area (Å²) in [5.41, 5.74) is -1.09. The molecule has 1 fully saturated rings. The molecular formula is C12H11BrF5N. The van der Waals surface area contributed by atoms with Gasteiger partial charge in [0.25, 0.3) is 5.92 Å². The second-order valence-electron chi connectivity index (χ2n) is 4.51. The number of rotatable bonds is 1. The minimum Gasteiger partial charge on any atom is -0.365 e. The van der Waals surface area contributed by atoms with Gasteiger partial charge in [0.05, 0.1) is 17.8 Å². The highest BCUT2D eigenvalue weighted by molar-refractivity contribution is 9.10. The third-order valence-electron chi connectivity index (χ3n) is 3.01. The van der Waals surface area contributed by atoms with Crippen LogP contribution in [0.1, 0.15) is 18.4 Å². The Labute approximate surface area is 115 Å². The standard InChI is InChI=1S/C12H11BrF5N/c13-8-3-1-4-9(10(8)12(16,17)18)19-6-2-5-11(14,15)7-19/h1,3-4H,2,5-7H2. The molecule has 1 nitrogen and oxygen atoms in total. The summed E-state index contributed by atoms with van der Waals surface area (Å²) in [6.45, 7) is -0.471. The van der Waals surface area contributed by atoms with Crippen LogP contribution in [-0.2, 0) is 6.18 Å². The second-order valence-corrected chi connectivity index (χ2v) is 5.37. The molecule has 0 radical (unpaired) electrons. The van der Waals surface area contributed by atoms with Crippen molar-refractivity contribution in [1.82, 2.24) is 0 Å². The van der Waals surface area contributed by atoms with E-state index in [4.69, 9.17) is 0 Å². The van der Waals surface area contributed by atoms with Crippen LogP contribution in [0.15, 0.2) is 22.7 Å². The van der Waals surface area contributed by atoms with Crippen molar-refractivity contribution < 1.29 is 22.0 Å². The van der Waals surface area contributed by atoms with E-state index < -0.39 is 24.2 Å². The van der Waals surface area contributed by atoms with Crippen molar-refractivity contribution >= 4 is 21.6 Å². The molecular weight excluding hydrogens is 333 g/mol. The summed E-state index contributed by atoms with van der Waals surface area (Å²) in [5.74, 6) is -2.94. The van der Waals surface area contributed by atoms with Crippen molar-refractivity contribution in [3.05, 3.63) is 28.2 Å². The molecule has 1 aromatic carbocycles. The second kappa shape index (κ2) is 4.92. The Balaban J connectivity index is 2.42. The first-order valence-electron chi connectivity index (χ1n) is 5.69. The maximum atomic E-state index is 13.3. The number of alkyl halides is 5. The topological polar surface area (TPSA) is 3.24 Å². The van der Waals surface area contributed by atoms with Crippen LogP contribution in [0.5, 0.6) is 0 Å². The number of hydrogen-bond donors (Lipinski definition) is 0.